The minimum Gasteiger partial charge on any atom is -0.326 e. The molecule has 30 heavy (non-hydrogen) atoms. The van der Waals surface area contributed by atoms with Crippen molar-refractivity contribution in [1.29, 1.82) is 0 Å². The maximum absolute atomic E-state index is 12.8. The zero-order valence-corrected chi connectivity index (χ0v) is 18.0. The number of sulfonamides is 1. The van der Waals surface area contributed by atoms with E-state index in [1.54, 1.807) is 29.9 Å². The minimum absolute atomic E-state index is 0.136. The first-order chi connectivity index (χ1) is 14.5. The van der Waals surface area contributed by atoms with Gasteiger partial charge in [0.15, 0.2) is 0 Å². The Morgan fingerprint density at radius 2 is 1.83 bits per heavy atom. The van der Waals surface area contributed by atoms with Gasteiger partial charge in [-0.05, 0) is 66.1 Å². The van der Waals surface area contributed by atoms with Gasteiger partial charge in [-0.15, -0.1) is 11.3 Å². The Bertz CT molecular complexity index is 1080. The van der Waals surface area contributed by atoms with Crippen LogP contribution in [0.1, 0.15) is 24.0 Å². The largest absolute Gasteiger partial charge is 0.326 e. The third kappa shape index (κ3) is 4.77. The summed E-state index contributed by atoms with van der Waals surface area (Å²) in [6, 6.07) is 15.1. The minimum atomic E-state index is -3.53. The summed E-state index contributed by atoms with van der Waals surface area (Å²) in [6.45, 7) is 0.667. The van der Waals surface area contributed by atoms with E-state index in [2.05, 4.69) is 10.3 Å². The highest BCUT2D eigenvalue weighted by molar-refractivity contribution is 7.91. The van der Waals surface area contributed by atoms with Crippen molar-refractivity contribution in [3.8, 4) is 0 Å². The highest BCUT2D eigenvalue weighted by atomic mass is 32.2. The molecule has 6 nitrogen and oxygen atoms in total. The summed E-state index contributed by atoms with van der Waals surface area (Å²) >= 11 is 1.20. The maximum atomic E-state index is 12.8. The van der Waals surface area contributed by atoms with E-state index in [1.165, 1.54) is 21.2 Å². The number of piperidine rings is 1. The van der Waals surface area contributed by atoms with E-state index in [0.29, 0.717) is 23.6 Å². The number of nitrogens with one attached hydrogen (secondary N) is 1. The van der Waals surface area contributed by atoms with Gasteiger partial charge >= 0.3 is 0 Å². The molecule has 1 fully saturated rings. The number of anilines is 1. The number of hydrogen-bond acceptors (Lipinski definition) is 5. The molecule has 1 N–H and O–H groups in total. The first-order valence-corrected chi connectivity index (χ1v) is 12.2. The molecule has 2 aromatic heterocycles. The number of thiophene rings is 1. The highest BCUT2D eigenvalue weighted by Crippen LogP contribution is 2.27. The van der Waals surface area contributed by atoms with Gasteiger partial charge in [-0.25, -0.2) is 8.42 Å². The van der Waals surface area contributed by atoms with Crippen LogP contribution in [-0.2, 0) is 21.2 Å². The lowest BCUT2D eigenvalue weighted by molar-refractivity contribution is -0.120. The fourth-order valence-corrected chi connectivity index (χ4v) is 6.27. The lowest BCUT2D eigenvalue weighted by Gasteiger charge is -2.30. The number of aromatic nitrogens is 1. The van der Waals surface area contributed by atoms with Gasteiger partial charge in [-0.3, -0.25) is 9.78 Å². The summed E-state index contributed by atoms with van der Waals surface area (Å²) in [4.78, 5) is 16.8. The van der Waals surface area contributed by atoms with Crippen LogP contribution in [0.2, 0.25) is 0 Å². The lowest BCUT2D eigenvalue weighted by Crippen LogP contribution is -2.43. The first-order valence-electron chi connectivity index (χ1n) is 9.85. The molecule has 1 aromatic carbocycles. The standard InChI is InChI=1S/C22H23N3O3S2/c26-22(19-3-1-13-25(16-19)30(27,28)21-4-2-14-29-21)24-20-7-5-17(6-8-20)15-18-9-11-23-12-10-18/h2,4-12,14,19H,1,3,13,15-16H2,(H,24,26). The lowest BCUT2D eigenvalue weighted by atomic mass is 9.98. The molecule has 1 amide bonds. The molecule has 156 valence electrons. The molecule has 3 aromatic rings. The molecular weight excluding hydrogens is 418 g/mol. The smallest absolute Gasteiger partial charge is 0.252 e. The summed E-state index contributed by atoms with van der Waals surface area (Å²) in [5.41, 5.74) is 3.04. The molecule has 1 atom stereocenters. The average Bonchev–Trinajstić information content (AvgIpc) is 3.32. The Hall–Kier alpha value is -2.55. The van der Waals surface area contributed by atoms with Gasteiger partial charge in [-0.2, -0.15) is 4.31 Å². The van der Waals surface area contributed by atoms with Crippen molar-refractivity contribution in [3.63, 3.8) is 0 Å². The molecule has 0 spiro atoms. The van der Waals surface area contributed by atoms with E-state index in [0.717, 1.165) is 17.7 Å². The van der Waals surface area contributed by atoms with Gasteiger partial charge in [-0.1, -0.05) is 18.2 Å². The third-order valence-electron chi connectivity index (χ3n) is 5.22. The molecule has 0 aliphatic carbocycles. The van der Waals surface area contributed by atoms with Gasteiger partial charge < -0.3 is 5.32 Å². The highest BCUT2D eigenvalue weighted by Gasteiger charge is 2.33. The van der Waals surface area contributed by atoms with Crippen molar-refractivity contribution in [2.45, 2.75) is 23.5 Å². The molecule has 8 heteroatoms. The third-order valence-corrected chi connectivity index (χ3v) is 8.46. The van der Waals surface area contributed by atoms with Crippen molar-refractivity contribution in [1.82, 2.24) is 9.29 Å². The monoisotopic (exact) mass is 441 g/mol. The summed E-state index contributed by atoms with van der Waals surface area (Å²) < 4.78 is 27.3. The molecular formula is C22H23N3O3S2. The van der Waals surface area contributed by atoms with Crippen LogP contribution in [0.15, 0.2) is 70.5 Å². The molecule has 0 bridgehead atoms. The second-order valence-electron chi connectivity index (χ2n) is 7.35. The van der Waals surface area contributed by atoms with Crippen LogP contribution in [0.25, 0.3) is 0 Å². The summed E-state index contributed by atoms with van der Waals surface area (Å²) in [5, 5.41) is 4.69. The van der Waals surface area contributed by atoms with Gasteiger partial charge in [0, 0.05) is 31.2 Å². The van der Waals surface area contributed by atoms with Crippen molar-refractivity contribution in [2.24, 2.45) is 5.92 Å². The number of hydrogen-bond donors (Lipinski definition) is 1. The average molecular weight is 442 g/mol. The number of benzene rings is 1. The molecule has 1 aliphatic heterocycles. The zero-order valence-electron chi connectivity index (χ0n) is 16.4. The van der Waals surface area contributed by atoms with Gasteiger partial charge in [0.2, 0.25) is 5.91 Å². The van der Waals surface area contributed by atoms with Crippen LogP contribution in [0.5, 0.6) is 0 Å². The number of rotatable bonds is 6. The fourth-order valence-electron chi connectivity index (χ4n) is 3.60. The Morgan fingerprint density at radius 3 is 2.53 bits per heavy atom. The predicted octanol–water partition coefficient (Wildman–Crippen LogP) is 3.77. The molecule has 4 rings (SSSR count). The number of pyridine rings is 1. The van der Waals surface area contributed by atoms with E-state index in [9.17, 15) is 13.2 Å². The second-order valence-corrected chi connectivity index (χ2v) is 10.5. The van der Waals surface area contributed by atoms with Crippen LogP contribution in [0.3, 0.4) is 0 Å². The maximum Gasteiger partial charge on any atom is 0.252 e. The Labute approximate surface area is 180 Å². The molecule has 1 aliphatic rings. The molecule has 3 heterocycles. The van der Waals surface area contributed by atoms with Gasteiger partial charge in [0.05, 0.1) is 5.92 Å². The van der Waals surface area contributed by atoms with Crippen LogP contribution < -0.4 is 5.32 Å². The Morgan fingerprint density at radius 1 is 1.10 bits per heavy atom. The van der Waals surface area contributed by atoms with Gasteiger partial charge in [0.25, 0.3) is 10.0 Å². The number of carbonyl (C=O) groups is 1. The van der Waals surface area contributed by atoms with E-state index >= 15 is 0 Å². The van der Waals surface area contributed by atoms with Crippen molar-refractivity contribution < 1.29 is 13.2 Å². The van der Waals surface area contributed by atoms with Crippen LogP contribution in [0, 0.1) is 5.92 Å². The topological polar surface area (TPSA) is 79.4 Å². The van der Waals surface area contributed by atoms with Crippen molar-refractivity contribution in [2.75, 3.05) is 18.4 Å². The van der Waals surface area contributed by atoms with Crippen molar-refractivity contribution in [3.05, 3.63) is 77.4 Å². The number of nitrogens with zero attached hydrogens (tertiary/aromatic N) is 2. The molecule has 0 saturated carbocycles. The first kappa shape index (κ1) is 20.7. The molecule has 0 radical (unpaired) electrons. The zero-order chi connectivity index (χ0) is 21.0. The Kier molecular flexibility index (Phi) is 6.26. The summed E-state index contributed by atoms with van der Waals surface area (Å²) in [7, 11) is -3.53. The van der Waals surface area contributed by atoms with E-state index in [4.69, 9.17) is 0 Å². The number of carbonyl (C=O) groups excluding carboxylic acids is 1. The molecule has 1 saturated heterocycles. The van der Waals surface area contributed by atoms with Crippen LogP contribution in [0.4, 0.5) is 5.69 Å². The normalized spacial score (nSPS) is 17.5. The number of amides is 1. The second kappa shape index (κ2) is 9.07. The van der Waals surface area contributed by atoms with E-state index < -0.39 is 10.0 Å². The fraction of sp³-hybridized carbons (Fsp3) is 0.273. The van der Waals surface area contributed by atoms with Crippen LogP contribution in [-0.4, -0.2) is 36.7 Å². The SMILES string of the molecule is O=C(Nc1ccc(Cc2ccncc2)cc1)C1CCCN(S(=O)(=O)c2cccs2)C1. The molecule has 1 unspecified atom stereocenters. The van der Waals surface area contributed by atoms with E-state index in [1.807, 2.05) is 36.4 Å². The van der Waals surface area contributed by atoms with Crippen molar-refractivity contribution >= 4 is 33.0 Å². The predicted molar refractivity (Wildman–Crippen MR) is 118 cm³/mol. The van der Waals surface area contributed by atoms with Crippen LogP contribution >= 0.6 is 11.3 Å². The Balaban J connectivity index is 1.37. The van der Waals surface area contributed by atoms with E-state index in [-0.39, 0.29) is 18.4 Å². The quantitative estimate of drug-likeness (QED) is 0.631. The van der Waals surface area contributed by atoms with Gasteiger partial charge in [0.1, 0.15) is 4.21 Å². The summed E-state index contributed by atoms with van der Waals surface area (Å²) in [6.07, 6.45) is 5.71. The summed E-state index contributed by atoms with van der Waals surface area (Å²) in [5.74, 6) is -0.493.